The third-order valence-corrected chi connectivity index (χ3v) is 3.35. The number of aromatic amines is 2. The molecule has 0 aliphatic carbocycles. The number of carboxylic acids is 1. The normalized spacial score (nSPS) is 15.9. The molecule has 1 aromatic heterocycles. The quantitative estimate of drug-likeness (QED) is 0.607. The Kier molecular flexibility index (Phi) is 4.53. The Morgan fingerprint density at radius 2 is 1.86 bits per heavy atom. The number of nitrogens with zero attached hydrogens (tertiary/aromatic N) is 2. The fourth-order valence-corrected chi connectivity index (χ4v) is 2.17. The average molecular weight is 296 g/mol. The first-order valence-electron chi connectivity index (χ1n) is 6.53. The average Bonchev–Trinajstić information content (AvgIpc) is 2.45. The van der Waals surface area contributed by atoms with Crippen molar-refractivity contribution < 1.29 is 14.7 Å². The molecular weight excluding hydrogens is 280 g/mol. The van der Waals surface area contributed by atoms with Crippen LogP contribution in [-0.2, 0) is 4.79 Å². The van der Waals surface area contributed by atoms with E-state index in [4.69, 9.17) is 5.11 Å². The van der Waals surface area contributed by atoms with E-state index in [0.717, 1.165) is 6.20 Å². The van der Waals surface area contributed by atoms with Gasteiger partial charge < -0.3 is 15.0 Å². The minimum atomic E-state index is -0.853. The molecule has 21 heavy (non-hydrogen) atoms. The number of rotatable bonds is 4. The smallest absolute Gasteiger partial charge is 0.325 e. The summed E-state index contributed by atoms with van der Waals surface area (Å²) in [5.74, 6) is -1.29. The molecule has 9 nitrogen and oxygen atoms in total. The van der Waals surface area contributed by atoms with Crippen molar-refractivity contribution in [2.45, 2.75) is 6.42 Å². The van der Waals surface area contributed by atoms with E-state index in [9.17, 15) is 19.2 Å². The maximum Gasteiger partial charge on any atom is 0.325 e. The molecule has 1 fully saturated rings. The SMILES string of the molecule is O=C(O)CCN1CCN(C(=O)c2c[nH]c(=O)[nH]c2=O)CC1. The molecule has 0 atom stereocenters. The zero-order valence-electron chi connectivity index (χ0n) is 11.3. The molecule has 0 aromatic carbocycles. The number of aromatic nitrogens is 2. The van der Waals surface area contributed by atoms with E-state index in [-0.39, 0.29) is 12.0 Å². The van der Waals surface area contributed by atoms with E-state index >= 15 is 0 Å². The minimum Gasteiger partial charge on any atom is -0.481 e. The van der Waals surface area contributed by atoms with Crippen LogP contribution in [0.3, 0.4) is 0 Å². The first-order chi connectivity index (χ1) is 9.97. The molecule has 1 amide bonds. The van der Waals surface area contributed by atoms with Crippen LogP contribution in [0.15, 0.2) is 15.8 Å². The van der Waals surface area contributed by atoms with Crippen molar-refractivity contribution in [3.63, 3.8) is 0 Å². The van der Waals surface area contributed by atoms with Crippen LogP contribution in [0.5, 0.6) is 0 Å². The van der Waals surface area contributed by atoms with Crippen LogP contribution in [0.4, 0.5) is 0 Å². The summed E-state index contributed by atoms with van der Waals surface area (Å²) in [6, 6.07) is 0. The second-order valence-corrected chi connectivity index (χ2v) is 4.76. The van der Waals surface area contributed by atoms with E-state index in [1.807, 2.05) is 9.88 Å². The van der Waals surface area contributed by atoms with Crippen molar-refractivity contribution in [2.75, 3.05) is 32.7 Å². The van der Waals surface area contributed by atoms with Crippen LogP contribution in [-0.4, -0.2) is 69.5 Å². The Morgan fingerprint density at radius 3 is 2.43 bits per heavy atom. The summed E-state index contributed by atoms with van der Waals surface area (Å²) in [5, 5.41) is 8.63. The Hall–Kier alpha value is -2.42. The standard InChI is InChI=1S/C12H16N4O5/c17-9(18)1-2-15-3-5-16(6-4-15)11(20)8-7-13-12(21)14-10(8)19/h7H,1-6H2,(H,17,18)(H2,13,14,19,21). The highest BCUT2D eigenvalue weighted by Crippen LogP contribution is 2.05. The number of nitrogens with one attached hydrogen (secondary N) is 2. The van der Waals surface area contributed by atoms with Crippen LogP contribution in [0.2, 0.25) is 0 Å². The molecule has 0 radical (unpaired) electrons. The Labute approximate surface area is 119 Å². The number of carboxylic acid groups (broad SMARTS) is 1. The molecule has 9 heteroatoms. The second-order valence-electron chi connectivity index (χ2n) is 4.76. The van der Waals surface area contributed by atoms with Gasteiger partial charge in [0.25, 0.3) is 11.5 Å². The van der Waals surface area contributed by atoms with E-state index < -0.39 is 23.1 Å². The van der Waals surface area contributed by atoms with Gasteiger partial charge in [0.15, 0.2) is 0 Å². The molecule has 2 rings (SSSR count). The molecule has 0 unspecified atom stereocenters. The van der Waals surface area contributed by atoms with Crippen LogP contribution in [0.25, 0.3) is 0 Å². The summed E-state index contributed by atoms with van der Waals surface area (Å²) < 4.78 is 0. The van der Waals surface area contributed by atoms with Gasteiger partial charge in [0.05, 0.1) is 6.42 Å². The lowest BCUT2D eigenvalue weighted by atomic mass is 10.2. The number of H-pyrrole nitrogens is 2. The summed E-state index contributed by atoms with van der Waals surface area (Å²) in [4.78, 5) is 52.9. The predicted molar refractivity (Wildman–Crippen MR) is 72.3 cm³/mol. The Balaban J connectivity index is 1.95. The number of hydrogen-bond donors (Lipinski definition) is 3. The van der Waals surface area contributed by atoms with Gasteiger partial charge in [-0.3, -0.25) is 24.3 Å². The summed E-state index contributed by atoms with van der Waals surface area (Å²) in [6.07, 6.45) is 1.17. The van der Waals surface area contributed by atoms with E-state index in [1.165, 1.54) is 4.90 Å². The van der Waals surface area contributed by atoms with Gasteiger partial charge in [0.2, 0.25) is 0 Å². The first kappa shape index (κ1) is 15.0. The molecule has 114 valence electrons. The molecule has 1 aliphatic rings. The van der Waals surface area contributed by atoms with Gasteiger partial charge in [-0.1, -0.05) is 0 Å². The van der Waals surface area contributed by atoms with Crippen molar-refractivity contribution in [1.29, 1.82) is 0 Å². The number of aliphatic carboxylic acids is 1. The molecule has 3 N–H and O–H groups in total. The van der Waals surface area contributed by atoms with Crippen LogP contribution in [0.1, 0.15) is 16.8 Å². The maximum absolute atomic E-state index is 12.2. The molecule has 0 spiro atoms. The lowest BCUT2D eigenvalue weighted by Crippen LogP contribution is -2.50. The highest BCUT2D eigenvalue weighted by Gasteiger charge is 2.24. The molecule has 2 heterocycles. The predicted octanol–water partition coefficient (Wildman–Crippen LogP) is -1.70. The number of carbonyl (C=O) groups is 2. The summed E-state index contributed by atoms with van der Waals surface area (Å²) in [6.45, 7) is 2.38. The van der Waals surface area contributed by atoms with Gasteiger partial charge in [0, 0.05) is 38.9 Å². The van der Waals surface area contributed by atoms with Gasteiger partial charge in [-0.2, -0.15) is 0 Å². The fraction of sp³-hybridized carbons (Fsp3) is 0.500. The number of amides is 1. The zero-order valence-corrected chi connectivity index (χ0v) is 11.3. The van der Waals surface area contributed by atoms with Crippen molar-refractivity contribution in [3.8, 4) is 0 Å². The molecule has 1 aromatic rings. The summed E-state index contributed by atoms with van der Waals surface area (Å²) in [7, 11) is 0. The maximum atomic E-state index is 12.2. The van der Waals surface area contributed by atoms with E-state index in [1.54, 1.807) is 0 Å². The molecule has 0 saturated carbocycles. The fourth-order valence-electron chi connectivity index (χ4n) is 2.17. The van der Waals surface area contributed by atoms with Crippen LogP contribution >= 0.6 is 0 Å². The Morgan fingerprint density at radius 1 is 1.19 bits per heavy atom. The van der Waals surface area contributed by atoms with Crippen LogP contribution < -0.4 is 11.2 Å². The molecule has 1 aliphatic heterocycles. The highest BCUT2D eigenvalue weighted by molar-refractivity contribution is 5.93. The highest BCUT2D eigenvalue weighted by atomic mass is 16.4. The number of carbonyl (C=O) groups excluding carboxylic acids is 1. The largest absolute Gasteiger partial charge is 0.481 e. The van der Waals surface area contributed by atoms with Crippen molar-refractivity contribution in [1.82, 2.24) is 19.8 Å². The van der Waals surface area contributed by atoms with Crippen molar-refractivity contribution >= 4 is 11.9 Å². The van der Waals surface area contributed by atoms with Gasteiger partial charge >= 0.3 is 11.7 Å². The number of piperazine rings is 1. The third-order valence-electron chi connectivity index (χ3n) is 3.35. The van der Waals surface area contributed by atoms with Crippen LogP contribution in [0, 0.1) is 0 Å². The van der Waals surface area contributed by atoms with Gasteiger partial charge in [-0.15, -0.1) is 0 Å². The van der Waals surface area contributed by atoms with Gasteiger partial charge in [-0.05, 0) is 0 Å². The lowest BCUT2D eigenvalue weighted by Gasteiger charge is -2.34. The van der Waals surface area contributed by atoms with E-state index in [2.05, 4.69) is 4.98 Å². The second kappa shape index (κ2) is 6.35. The molecule has 0 bridgehead atoms. The van der Waals surface area contributed by atoms with Crippen molar-refractivity contribution in [2.24, 2.45) is 0 Å². The molecule has 1 saturated heterocycles. The van der Waals surface area contributed by atoms with Crippen molar-refractivity contribution in [3.05, 3.63) is 32.6 Å². The van der Waals surface area contributed by atoms with Gasteiger partial charge in [0.1, 0.15) is 5.56 Å². The summed E-state index contributed by atoms with van der Waals surface area (Å²) >= 11 is 0. The molecular formula is C12H16N4O5. The monoisotopic (exact) mass is 296 g/mol. The van der Waals surface area contributed by atoms with Gasteiger partial charge in [-0.25, -0.2) is 4.79 Å². The first-order valence-corrected chi connectivity index (χ1v) is 6.53. The Bertz CT molecular complexity index is 642. The van der Waals surface area contributed by atoms with E-state index in [0.29, 0.717) is 32.7 Å². The zero-order chi connectivity index (χ0) is 15.4. The number of hydrogen-bond acceptors (Lipinski definition) is 5. The summed E-state index contributed by atoms with van der Waals surface area (Å²) in [5.41, 5.74) is -1.47. The third kappa shape index (κ3) is 3.78. The minimum absolute atomic E-state index is 0.0630. The topological polar surface area (TPSA) is 127 Å². The lowest BCUT2D eigenvalue weighted by molar-refractivity contribution is -0.137.